The zero-order chi connectivity index (χ0) is 21.9. The quantitative estimate of drug-likeness (QED) is 0.245. The van der Waals surface area contributed by atoms with Gasteiger partial charge in [-0.1, -0.05) is 50.0 Å². The van der Waals surface area contributed by atoms with Gasteiger partial charge < -0.3 is 0 Å². The molecule has 1 aromatic rings. The van der Waals surface area contributed by atoms with E-state index in [1.165, 1.54) is 88.3 Å². The van der Waals surface area contributed by atoms with Crippen molar-refractivity contribution in [1.29, 1.82) is 10.5 Å². The highest BCUT2D eigenvalue weighted by Gasteiger charge is 2.30. The largest absolute Gasteiger partial charge is 0.199 e. The van der Waals surface area contributed by atoms with Crippen LogP contribution in [0.4, 0.5) is 4.39 Å². The fourth-order valence-electron chi connectivity index (χ4n) is 5.60. The summed E-state index contributed by atoms with van der Waals surface area (Å²) in [7, 11) is 0. The highest BCUT2D eigenvalue weighted by molar-refractivity contribution is 5.31. The maximum absolute atomic E-state index is 12.9. The molecule has 0 N–H and O–H groups in total. The summed E-state index contributed by atoms with van der Waals surface area (Å²) in [4.78, 5) is 0. The molecule has 0 aromatic heterocycles. The summed E-state index contributed by atoms with van der Waals surface area (Å²) < 4.78 is 12.9. The van der Waals surface area contributed by atoms with Gasteiger partial charge in [-0.3, -0.25) is 0 Å². The van der Waals surface area contributed by atoms with Crippen LogP contribution in [0.2, 0.25) is 0 Å². The normalized spacial score (nSPS) is 27.0. The van der Waals surface area contributed by atoms with E-state index in [0.717, 1.165) is 29.7 Å². The van der Waals surface area contributed by atoms with Crippen LogP contribution in [0.25, 0.3) is 0 Å². The molecule has 2 fully saturated rings. The Bertz CT molecular complexity index is 808. The van der Waals surface area contributed by atoms with Gasteiger partial charge in [-0.05, 0) is 98.8 Å². The van der Waals surface area contributed by atoms with Gasteiger partial charge in [0, 0.05) is 0 Å². The molecular formula is C28H35FN2. The maximum Gasteiger partial charge on any atom is 0.199 e. The Labute approximate surface area is 187 Å². The lowest BCUT2D eigenvalue weighted by atomic mass is 9.68. The molecule has 0 bridgehead atoms. The molecule has 0 spiro atoms. The van der Waals surface area contributed by atoms with Crippen molar-refractivity contribution in [2.45, 2.75) is 77.0 Å². The lowest BCUT2D eigenvalue weighted by Gasteiger charge is -2.37. The second kappa shape index (κ2) is 12.5. The van der Waals surface area contributed by atoms with E-state index in [0.29, 0.717) is 5.92 Å². The van der Waals surface area contributed by atoms with Gasteiger partial charge in [-0.2, -0.15) is 14.9 Å². The van der Waals surface area contributed by atoms with Crippen LogP contribution in [0.5, 0.6) is 0 Å². The van der Waals surface area contributed by atoms with Crippen molar-refractivity contribution in [3.8, 4) is 12.1 Å². The zero-order valence-electron chi connectivity index (χ0n) is 18.6. The molecule has 2 aliphatic carbocycles. The summed E-state index contributed by atoms with van der Waals surface area (Å²) >= 11 is 0. The van der Waals surface area contributed by atoms with Crippen LogP contribution in [-0.4, -0.2) is 0 Å². The van der Waals surface area contributed by atoms with Gasteiger partial charge in [-0.15, -0.1) is 0 Å². The first-order valence-electron chi connectivity index (χ1n) is 12.1. The maximum atomic E-state index is 12.9. The molecule has 0 atom stereocenters. The topological polar surface area (TPSA) is 47.6 Å². The number of rotatable bonds is 8. The molecule has 0 amide bonds. The lowest BCUT2D eigenvalue weighted by molar-refractivity contribution is 0.151. The summed E-state index contributed by atoms with van der Waals surface area (Å²) in [6, 6.07) is 11.7. The van der Waals surface area contributed by atoms with E-state index in [4.69, 9.17) is 10.5 Å². The van der Waals surface area contributed by atoms with Gasteiger partial charge in [0.25, 0.3) is 0 Å². The molecule has 1 aromatic carbocycles. The van der Waals surface area contributed by atoms with Gasteiger partial charge in [0.05, 0.1) is 11.6 Å². The first-order valence-corrected chi connectivity index (χ1v) is 12.1. The van der Waals surface area contributed by atoms with Crippen molar-refractivity contribution >= 4 is 0 Å². The third-order valence-electron chi connectivity index (χ3n) is 7.52. The Morgan fingerprint density at radius 3 is 2.16 bits per heavy atom. The van der Waals surface area contributed by atoms with Crippen molar-refractivity contribution in [3.05, 3.63) is 59.4 Å². The van der Waals surface area contributed by atoms with Crippen LogP contribution in [0, 0.1) is 46.3 Å². The van der Waals surface area contributed by atoms with Gasteiger partial charge in [0.15, 0.2) is 5.83 Å². The minimum absolute atomic E-state index is 0.548. The van der Waals surface area contributed by atoms with E-state index >= 15 is 0 Å². The van der Waals surface area contributed by atoms with E-state index in [2.05, 4.69) is 24.3 Å². The molecule has 0 heterocycles. The van der Waals surface area contributed by atoms with Crippen molar-refractivity contribution in [3.63, 3.8) is 0 Å². The molecule has 0 unspecified atom stereocenters. The second-order valence-corrected chi connectivity index (χ2v) is 9.52. The highest BCUT2D eigenvalue weighted by atomic mass is 19.1. The van der Waals surface area contributed by atoms with E-state index in [1.54, 1.807) is 6.08 Å². The van der Waals surface area contributed by atoms with E-state index in [9.17, 15) is 4.39 Å². The molecule has 2 nitrogen and oxygen atoms in total. The van der Waals surface area contributed by atoms with Crippen molar-refractivity contribution < 1.29 is 4.39 Å². The van der Waals surface area contributed by atoms with Crippen LogP contribution in [0.15, 0.2) is 48.3 Å². The molecule has 2 aliphatic rings. The minimum atomic E-state index is -0.712. The Morgan fingerprint density at radius 1 is 0.903 bits per heavy atom. The average Bonchev–Trinajstić information content (AvgIpc) is 2.83. The summed E-state index contributed by atoms with van der Waals surface area (Å²) in [6.07, 6.45) is 20.8. The van der Waals surface area contributed by atoms with Gasteiger partial charge in [0.2, 0.25) is 0 Å². The number of allylic oxidation sites excluding steroid dienone is 4. The number of benzene rings is 1. The van der Waals surface area contributed by atoms with Crippen LogP contribution in [0.3, 0.4) is 0 Å². The van der Waals surface area contributed by atoms with Gasteiger partial charge in [-0.25, -0.2) is 0 Å². The van der Waals surface area contributed by atoms with Crippen LogP contribution < -0.4 is 0 Å². The Hall–Kier alpha value is -2.39. The van der Waals surface area contributed by atoms with Gasteiger partial charge >= 0.3 is 0 Å². The number of nitrogens with zero attached hydrogens (tertiary/aromatic N) is 2. The van der Waals surface area contributed by atoms with Crippen LogP contribution in [-0.2, 0) is 6.42 Å². The fourth-order valence-corrected chi connectivity index (χ4v) is 5.60. The number of unbranched alkanes of at least 4 members (excludes halogenated alkanes) is 1. The number of hydrogen-bond donors (Lipinski definition) is 0. The van der Waals surface area contributed by atoms with Crippen molar-refractivity contribution in [2.24, 2.45) is 23.7 Å². The van der Waals surface area contributed by atoms with Crippen molar-refractivity contribution in [2.75, 3.05) is 0 Å². The summed E-state index contributed by atoms with van der Waals surface area (Å²) in [5.41, 5.74) is 2.09. The first kappa shape index (κ1) is 23.3. The summed E-state index contributed by atoms with van der Waals surface area (Å²) in [5, 5.41) is 17.3. The molecule has 0 aliphatic heterocycles. The van der Waals surface area contributed by atoms with Gasteiger partial charge in [0.1, 0.15) is 6.07 Å². The zero-order valence-corrected chi connectivity index (χ0v) is 18.6. The van der Waals surface area contributed by atoms with Crippen LogP contribution in [0.1, 0.15) is 81.8 Å². The molecule has 0 saturated heterocycles. The SMILES string of the molecule is N#C/C(F)=C/C=C/C1CCC([C@H]2CC[C@H](CCCCc3ccc(C#N)cc3)CC2)CC1. The number of nitriles is 2. The fraction of sp³-hybridized carbons (Fsp3) is 0.571. The predicted molar refractivity (Wildman–Crippen MR) is 124 cm³/mol. The summed E-state index contributed by atoms with van der Waals surface area (Å²) in [6.45, 7) is 0. The molecule has 2 saturated carbocycles. The summed E-state index contributed by atoms with van der Waals surface area (Å²) in [5.74, 6) is 2.55. The number of aryl methyl sites for hydroxylation is 1. The van der Waals surface area contributed by atoms with Crippen molar-refractivity contribution in [1.82, 2.24) is 0 Å². The highest BCUT2D eigenvalue weighted by Crippen LogP contribution is 2.42. The molecular weight excluding hydrogens is 383 g/mol. The monoisotopic (exact) mass is 418 g/mol. The molecule has 0 radical (unpaired) electrons. The Balaban J connectivity index is 1.28. The minimum Gasteiger partial charge on any atom is -0.195 e. The van der Waals surface area contributed by atoms with E-state index < -0.39 is 5.83 Å². The molecule has 31 heavy (non-hydrogen) atoms. The third-order valence-corrected chi connectivity index (χ3v) is 7.52. The predicted octanol–water partition coefficient (Wildman–Crippen LogP) is 7.82. The van der Waals surface area contributed by atoms with Crippen LogP contribution >= 0.6 is 0 Å². The number of hydrogen-bond acceptors (Lipinski definition) is 2. The van der Waals surface area contributed by atoms with E-state index in [-0.39, 0.29) is 0 Å². The standard InChI is InChI=1S/C28H35FN2/c29-28(21-31)7-3-6-24-14-18-27(19-15-24)26-16-12-23(13-17-26)5-2-1-4-22-8-10-25(20-30)11-9-22/h3,6-11,23-24,26-27H,1-2,4-5,12-19H2/b6-3+,28-7-/t23-,24?,26-,27?. The second-order valence-electron chi connectivity index (χ2n) is 9.52. The molecule has 3 rings (SSSR count). The molecule has 3 heteroatoms. The Kier molecular flexibility index (Phi) is 9.36. The molecule has 164 valence electrons. The lowest BCUT2D eigenvalue weighted by Crippen LogP contribution is -2.25. The first-order chi connectivity index (χ1) is 15.2. The third kappa shape index (κ3) is 7.66. The van der Waals surface area contributed by atoms with E-state index in [1.807, 2.05) is 12.1 Å². The average molecular weight is 419 g/mol. The number of halogens is 1. The smallest absolute Gasteiger partial charge is 0.195 e. The Morgan fingerprint density at radius 2 is 1.55 bits per heavy atom.